The lowest BCUT2D eigenvalue weighted by molar-refractivity contribution is -0.385. The van der Waals surface area contributed by atoms with Gasteiger partial charge in [-0.3, -0.25) is 30.1 Å². The molecule has 0 aliphatic carbocycles. The van der Waals surface area contributed by atoms with Crippen molar-refractivity contribution in [1.29, 1.82) is 0 Å². The molecule has 0 aromatic heterocycles. The number of non-ortho nitro benzene ring substituents is 2. The predicted octanol–water partition coefficient (Wildman–Crippen LogP) is 6.83. The molecule has 1 heterocycles. The fraction of sp³-hybridized carbons (Fsp3) is 0.462. The van der Waals surface area contributed by atoms with Crippen molar-refractivity contribution in [3.05, 3.63) is 68.8 Å². The number of rotatable bonds is 14. The predicted molar refractivity (Wildman–Crippen MR) is 143 cm³/mol. The van der Waals surface area contributed by atoms with Crippen LogP contribution in [0.1, 0.15) is 65.2 Å². The van der Waals surface area contributed by atoms with Crippen molar-refractivity contribution in [2.75, 3.05) is 18.0 Å². The van der Waals surface area contributed by atoms with E-state index >= 15 is 0 Å². The van der Waals surface area contributed by atoms with Gasteiger partial charge >= 0.3 is 0 Å². The van der Waals surface area contributed by atoms with E-state index in [1.54, 1.807) is 24.3 Å². The van der Waals surface area contributed by atoms with E-state index in [1.807, 2.05) is 4.90 Å². The van der Waals surface area contributed by atoms with E-state index in [2.05, 4.69) is 18.7 Å². The molecule has 0 unspecified atom stereocenters. The lowest BCUT2D eigenvalue weighted by Gasteiger charge is -2.46. The zero-order chi connectivity index (χ0) is 25.9. The molecule has 0 spiro atoms. The maximum Gasteiger partial charge on any atom is 0.269 e. The summed E-state index contributed by atoms with van der Waals surface area (Å²) in [6.07, 6.45) is 8.80. The monoisotopic (exact) mass is 494 g/mol. The van der Waals surface area contributed by atoms with Gasteiger partial charge in [0.15, 0.2) is 0 Å². The van der Waals surface area contributed by atoms with Crippen molar-refractivity contribution >= 4 is 34.7 Å². The Morgan fingerprint density at radius 1 is 0.722 bits per heavy atom. The molecule has 192 valence electrons. The number of unbranched alkanes of at least 4 members (excludes halogenated alkanes) is 6. The van der Waals surface area contributed by atoms with Gasteiger partial charge in [0.25, 0.3) is 11.4 Å². The zero-order valence-corrected chi connectivity index (χ0v) is 21.0. The Balaban J connectivity index is 1.94. The summed E-state index contributed by atoms with van der Waals surface area (Å²) < 4.78 is 0. The molecular formula is C26H34N6O4. The summed E-state index contributed by atoms with van der Waals surface area (Å²) in [5.74, 6) is 1.43. The van der Waals surface area contributed by atoms with E-state index in [0.717, 1.165) is 63.1 Å². The van der Waals surface area contributed by atoms with Crippen molar-refractivity contribution in [3.8, 4) is 0 Å². The van der Waals surface area contributed by atoms with Crippen LogP contribution >= 0.6 is 0 Å². The normalized spacial score (nSPS) is 15.4. The van der Waals surface area contributed by atoms with Crippen molar-refractivity contribution in [2.45, 2.75) is 65.2 Å². The van der Waals surface area contributed by atoms with Gasteiger partial charge in [-0.15, -0.1) is 0 Å². The van der Waals surface area contributed by atoms with Crippen LogP contribution in [0.4, 0.5) is 22.7 Å². The standard InChI is InChI=1S/C26H34N6O4/c1-3-5-7-9-19-27-25-29(20-10-8-6-4-2)26(28-21-11-13-23(14-12-21)31(33)34)30(25)22-15-17-24(18-16-22)32(35)36/h11-18H,3-10,19-20H2,1-2H3. The third-order valence-electron chi connectivity index (χ3n) is 5.99. The highest BCUT2D eigenvalue weighted by Crippen LogP contribution is 2.31. The van der Waals surface area contributed by atoms with Crippen LogP contribution in [0.5, 0.6) is 0 Å². The van der Waals surface area contributed by atoms with Crippen LogP contribution in [0.3, 0.4) is 0 Å². The van der Waals surface area contributed by atoms with Crippen LogP contribution in [0, 0.1) is 20.2 Å². The van der Waals surface area contributed by atoms with Gasteiger partial charge < -0.3 is 0 Å². The maximum atomic E-state index is 11.2. The molecule has 1 aliphatic heterocycles. The fourth-order valence-electron chi connectivity index (χ4n) is 3.98. The minimum Gasteiger partial charge on any atom is -0.281 e. The Kier molecular flexibility index (Phi) is 9.91. The molecule has 2 aromatic rings. The van der Waals surface area contributed by atoms with Gasteiger partial charge in [0, 0.05) is 37.4 Å². The minimum atomic E-state index is -0.438. The van der Waals surface area contributed by atoms with E-state index in [1.165, 1.54) is 30.7 Å². The number of aliphatic imine (C=N–C) groups is 2. The first kappa shape index (κ1) is 26.8. The molecule has 0 bridgehead atoms. The van der Waals surface area contributed by atoms with E-state index in [4.69, 9.17) is 9.98 Å². The van der Waals surface area contributed by atoms with Crippen LogP contribution in [-0.4, -0.2) is 39.8 Å². The number of benzene rings is 2. The molecule has 0 radical (unpaired) electrons. The van der Waals surface area contributed by atoms with Gasteiger partial charge in [-0.1, -0.05) is 52.4 Å². The number of hydrogen-bond donors (Lipinski definition) is 0. The smallest absolute Gasteiger partial charge is 0.269 e. The molecule has 2 aromatic carbocycles. The Morgan fingerprint density at radius 2 is 1.28 bits per heavy atom. The molecule has 0 atom stereocenters. The topological polar surface area (TPSA) is 117 Å². The first-order valence-corrected chi connectivity index (χ1v) is 12.7. The molecule has 3 rings (SSSR count). The quantitative estimate of drug-likeness (QED) is 0.161. The van der Waals surface area contributed by atoms with Gasteiger partial charge in [0.2, 0.25) is 11.9 Å². The zero-order valence-electron chi connectivity index (χ0n) is 21.0. The molecule has 10 nitrogen and oxygen atoms in total. The molecule has 0 amide bonds. The molecule has 1 fully saturated rings. The lowest BCUT2D eigenvalue weighted by atomic mass is 10.1. The van der Waals surface area contributed by atoms with E-state index in [9.17, 15) is 20.2 Å². The van der Waals surface area contributed by atoms with Crippen LogP contribution in [0.25, 0.3) is 0 Å². The van der Waals surface area contributed by atoms with Crippen LogP contribution in [0.2, 0.25) is 0 Å². The Bertz CT molecular complexity index is 1080. The largest absolute Gasteiger partial charge is 0.281 e. The van der Waals surface area contributed by atoms with E-state index in [0.29, 0.717) is 18.2 Å². The highest BCUT2D eigenvalue weighted by Gasteiger charge is 2.40. The molecule has 10 heteroatoms. The number of hydrogen-bond acceptors (Lipinski definition) is 6. The van der Waals surface area contributed by atoms with Crippen molar-refractivity contribution in [1.82, 2.24) is 4.90 Å². The second-order valence-electron chi connectivity index (χ2n) is 8.75. The van der Waals surface area contributed by atoms with Gasteiger partial charge in [-0.05, 0) is 37.1 Å². The molecule has 1 aliphatic rings. The van der Waals surface area contributed by atoms with Crippen molar-refractivity contribution in [3.63, 3.8) is 0 Å². The first-order valence-electron chi connectivity index (χ1n) is 12.7. The van der Waals surface area contributed by atoms with E-state index < -0.39 is 9.85 Å². The van der Waals surface area contributed by atoms with Gasteiger partial charge in [-0.2, -0.15) is 0 Å². The van der Waals surface area contributed by atoms with E-state index in [-0.39, 0.29) is 11.4 Å². The van der Waals surface area contributed by atoms with Gasteiger partial charge in [0.1, 0.15) is 0 Å². The summed E-state index contributed by atoms with van der Waals surface area (Å²) >= 11 is 0. The van der Waals surface area contributed by atoms with Crippen molar-refractivity contribution in [2.24, 2.45) is 9.98 Å². The summed E-state index contributed by atoms with van der Waals surface area (Å²) in [6, 6.07) is 12.5. The fourth-order valence-corrected chi connectivity index (χ4v) is 3.98. The average molecular weight is 495 g/mol. The molecule has 0 N–H and O–H groups in total. The SMILES string of the molecule is CCCCCCN=C1N(CCCCCC)C(=Nc2ccc([N+](=O)[O-])cc2)N1c1ccc([N+](=O)[O-])cc1. The van der Waals surface area contributed by atoms with Crippen LogP contribution in [-0.2, 0) is 0 Å². The summed E-state index contributed by atoms with van der Waals surface area (Å²) in [5, 5.41) is 22.2. The summed E-state index contributed by atoms with van der Waals surface area (Å²) in [6.45, 7) is 5.79. The minimum absolute atomic E-state index is 0.00513. The highest BCUT2D eigenvalue weighted by atomic mass is 16.6. The molecular weight excluding hydrogens is 460 g/mol. The highest BCUT2D eigenvalue weighted by molar-refractivity contribution is 6.32. The van der Waals surface area contributed by atoms with Crippen LogP contribution in [0.15, 0.2) is 58.5 Å². The maximum absolute atomic E-state index is 11.2. The molecule has 36 heavy (non-hydrogen) atoms. The van der Waals surface area contributed by atoms with Gasteiger partial charge in [0.05, 0.1) is 21.2 Å². The first-order chi connectivity index (χ1) is 17.5. The molecule has 0 saturated carbocycles. The number of guanidine groups is 2. The van der Waals surface area contributed by atoms with Crippen molar-refractivity contribution < 1.29 is 9.85 Å². The average Bonchev–Trinajstić information content (AvgIpc) is 2.87. The Labute approximate surface area is 211 Å². The third kappa shape index (κ3) is 6.87. The lowest BCUT2D eigenvalue weighted by Crippen LogP contribution is -2.66. The third-order valence-corrected chi connectivity index (χ3v) is 5.99. The second kappa shape index (κ2) is 13.3. The Hall–Kier alpha value is -3.82. The number of nitrogens with zero attached hydrogens (tertiary/aromatic N) is 6. The van der Waals surface area contributed by atoms with Crippen LogP contribution < -0.4 is 4.90 Å². The Morgan fingerprint density at radius 3 is 1.83 bits per heavy atom. The number of nitro groups is 2. The number of nitro benzene ring substituents is 2. The number of anilines is 1. The second-order valence-corrected chi connectivity index (χ2v) is 8.75. The summed E-state index contributed by atoms with van der Waals surface area (Å²) in [5.41, 5.74) is 1.34. The summed E-state index contributed by atoms with van der Waals surface area (Å²) in [4.78, 5) is 35.0. The summed E-state index contributed by atoms with van der Waals surface area (Å²) in [7, 11) is 0. The molecule has 1 saturated heterocycles. The van der Waals surface area contributed by atoms with Gasteiger partial charge in [-0.25, -0.2) is 9.89 Å².